The van der Waals surface area contributed by atoms with Gasteiger partial charge < -0.3 is 76.7 Å². The number of hydrogen-bond acceptors (Lipinski definition) is 12. The summed E-state index contributed by atoms with van der Waals surface area (Å²) >= 11 is 0. The smallest absolute Gasteiger partial charge is 0.335 e. The number of quaternary nitrogens is 1. The van der Waals surface area contributed by atoms with E-state index in [2.05, 4.69) is 0 Å². The number of benzene rings is 1. The van der Waals surface area contributed by atoms with Gasteiger partial charge in [0.1, 0.15) is 36.3 Å². The summed E-state index contributed by atoms with van der Waals surface area (Å²) in [6, 6.07) is 7.18. The molecule has 1 aliphatic carbocycles. The van der Waals surface area contributed by atoms with Crippen molar-refractivity contribution in [2.45, 2.75) is 105 Å². The van der Waals surface area contributed by atoms with Crippen LogP contribution in [0.15, 0.2) is 24.3 Å². The molecule has 2 heterocycles. The maximum atomic E-state index is 12.0. The van der Waals surface area contributed by atoms with Crippen molar-refractivity contribution in [2.75, 3.05) is 27.7 Å². The summed E-state index contributed by atoms with van der Waals surface area (Å²) in [5, 5.41) is 83.9. The van der Waals surface area contributed by atoms with Crippen LogP contribution >= 0.6 is 0 Å². The molecule has 1 saturated carbocycles. The summed E-state index contributed by atoms with van der Waals surface area (Å²) in [7, 11) is 4.85. The summed E-state index contributed by atoms with van der Waals surface area (Å²) in [6.07, 6.45) is -15.2. The van der Waals surface area contributed by atoms with Crippen molar-refractivity contribution in [2.24, 2.45) is 0 Å². The largest absolute Gasteiger partial charge is 1.00 e. The number of carbonyl (C=O) groups is 2. The predicted octanol–water partition coefficient (Wildman–Crippen LogP) is -4.64. The molecule has 256 valence electrons. The molecule has 15 nitrogen and oxygen atoms in total. The summed E-state index contributed by atoms with van der Waals surface area (Å²) in [5.74, 6) is -3.12. The lowest BCUT2D eigenvalue weighted by molar-refractivity contribution is -0.946. The molecular formula is C29H44ClNO14. The van der Waals surface area contributed by atoms with E-state index in [0.717, 1.165) is 24.8 Å². The molecule has 2 saturated heterocycles. The number of aliphatic carboxylic acids is 2. The van der Waals surface area contributed by atoms with Crippen LogP contribution in [0, 0.1) is 0 Å². The van der Waals surface area contributed by atoms with E-state index < -0.39 is 84.8 Å². The Bertz CT molecular complexity index is 1150. The lowest BCUT2D eigenvalue weighted by Gasteiger charge is -2.51. The number of hydrogen-bond donors (Lipinski definition) is 8. The minimum Gasteiger partial charge on any atom is -1.00 e. The number of rotatable bonds is 10. The van der Waals surface area contributed by atoms with Gasteiger partial charge in [0, 0.05) is 0 Å². The Morgan fingerprint density at radius 3 is 1.93 bits per heavy atom. The van der Waals surface area contributed by atoms with Crippen LogP contribution in [-0.2, 0) is 23.8 Å². The fraction of sp³-hybridized carbons (Fsp3) is 0.724. The lowest BCUT2D eigenvalue weighted by atomic mass is 9.72. The molecule has 1 aromatic carbocycles. The highest BCUT2D eigenvalue weighted by atomic mass is 35.5. The van der Waals surface area contributed by atoms with Crippen molar-refractivity contribution in [3.8, 4) is 5.75 Å². The molecule has 0 bridgehead atoms. The highest BCUT2D eigenvalue weighted by Crippen LogP contribution is 2.43. The van der Waals surface area contributed by atoms with Gasteiger partial charge in [-0.1, -0.05) is 31.4 Å². The van der Waals surface area contributed by atoms with Crippen LogP contribution < -0.4 is 17.1 Å². The average molecular weight is 666 g/mol. The van der Waals surface area contributed by atoms with Crippen LogP contribution in [0.3, 0.4) is 0 Å². The highest BCUT2D eigenvalue weighted by molar-refractivity contribution is 5.73. The van der Waals surface area contributed by atoms with Crippen molar-refractivity contribution in [1.82, 2.24) is 0 Å². The first kappa shape index (κ1) is 37.3. The third-order valence-electron chi connectivity index (χ3n) is 9.14. The quantitative estimate of drug-likeness (QED) is 0.110. The van der Waals surface area contributed by atoms with Gasteiger partial charge in [0.25, 0.3) is 0 Å². The van der Waals surface area contributed by atoms with Gasteiger partial charge in [-0.25, -0.2) is 9.59 Å². The van der Waals surface area contributed by atoms with E-state index in [9.17, 15) is 50.4 Å². The van der Waals surface area contributed by atoms with Crippen molar-refractivity contribution >= 4 is 11.9 Å². The van der Waals surface area contributed by atoms with Crippen LogP contribution in [0.25, 0.3) is 0 Å². The van der Waals surface area contributed by atoms with Gasteiger partial charge in [0.05, 0.1) is 39.3 Å². The second kappa shape index (κ2) is 14.7. The number of likely N-dealkylation sites (N-methyl/N-ethyl adjacent to an activating group) is 1. The third-order valence-corrected chi connectivity index (χ3v) is 9.14. The number of carboxylic acids is 2. The number of carboxylic acid groups (broad SMARTS) is 2. The molecular weight excluding hydrogens is 622 g/mol. The first-order valence-electron chi connectivity index (χ1n) is 14.6. The number of aliphatic hydroxyl groups is 6. The minimum absolute atomic E-state index is 0. The zero-order chi connectivity index (χ0) is 32.6. The summed E-state index contributed by atoms with van der Waals surface area (Å²) in [4.78, 5) is 23.7. The van der Waals surface area contributed by atoms with E-state index in [0.29, 0.717) is 18.6 Å². The number of methoxy groups -OCH3 is 1. The van der Waals surface area contributed by atoms with E-state index in [4.69, 9.17) is 18.9 Å². The van der Waals surface area contributed by atoms with E-state index >= 15 is 0 Å². The van der Waals surface area contributed by atoms with Crippen LogP contribution in [0.4, 0.5) is 0 Å². The second-order valence-electron chi connectivity index (χ2n) is 12.6. The lowest BCUT2D eigenvalue weighted by Crippen LogP contribution is -3.00. The molecule has 0 radical (unpaired) electrons. The van der Waals surface area contributed by atoms with Gasteiger partial charge in [-0.05, 0) is 30.5 Å². The minimum atomic E-state index is -2.01. The Hall–Kier alpha value is -2.15. The fourth-order valence-corrected chi connectivity index (χ4v) is 6.59. The number of aliphatic hydroxyl groups excluding tert-OH is 5. The average Bonchev–Trinajstić information content (AvgIpc) is 2.98. The molecule has 8 N–H and O–H groups in total. The number of ether oxygens (including phenoxy) is 4. The molecule has 3 fully saturated rings. The monoisotopic (exact) mass is 665 g/mol. The van der Waals surface area contributed by atoms with Gasteiger partial charge in [0.2, 0.25) is 6.23 Å². The molecule has 11 unspecified atom stereocenters. The van der Waals surface area contributed by atoms with E-state index in [1.807, 2.05) is 12.1 Å². The summed E-state index contributed by atoms with van der Waals surface area (Å²) in [5.41, 5.74) is -0.368. The maximum Gasteiger partial charge on any atom is 0.335 e. The maximum absolute atomic E-state index is 12.0. The Balaban J connectivity index is 0.00000552. The number of halogens is 1. The molecule has 4 rings (SSSR count). The van der Waals surface area contributed by atoms with Gasteiger partial charge in [-0.2, -0.15) is 0 Å². The van der Waals surface area contributed by atoms with Gasteiger partial charge in [-0.15, -0.1) is 0 Å². The Morgan fingerprint density at radius 1 is 0.867 bits per heavy atom. The molecule has 0 amide bonds. The van der Waals surface area contributed by atoms with Crippen LogP contribution in [0.1, 0.15) is 43.6 Å². The molecule has 45 heavy (non-hydrogen) atoms. The molecule has 16 heteroatoms. The third kappa shape index (κ3) is 7.71. The van der Waals surface area contributed by atoms with Crippen molar-refractivity contribution in [3.05, 3.63) is 29.8 Å². The van der Waals surface area contributed by atoms with E-state index in [1.54, 1.807) is 26.2 Å². The molecule has 2 aliphatic heterocycles. The van der Waals surface area contributed by atoms with E-state index in [1.165, 1.54) is 7.11 Å². The normalized spacial score (nSPS) is 35.9. The highest BCUT2D eigenvalue weighted by Gasteiger charge is 2.58. The second-order valence-corrected chi connectivity index (χ2v) is 12.6. The first-order valence-corrected chi connectivity index (χ1v) is 14.6. The summed E-state index contributed by atoms with van der Waals surface area (Å²) in [6.45, 7) is 0.121. The SMILES string of the molecule is COc1ccc(C(C[N+](C)(C)C2OC(C(=O)O)C(O)C(O)C2OC2OC(C(=O)O)C(O)C(O)C2O)C2(O)CCCCC2)cc1.[Cl-]. The zero-order valence-electron chi connectivity index (χ0n) is 25.3. The Kier molecular flexibility index (Phi) is 12.2. The van der Waals surface area contributed by atoms with Gasteiger partial charge >= 0.3 is 11.9 Å². The first-order chi connectivity index (χ1) is 20.6. The van der Waals surface area contributed by atoms with Crippen LogP contribution in [0.2, 0.25) is 0 Å². The summed E-state index contributed by atoms with van der Waals surface area (Å²) < 4.78 is 22.0. The molecule has 0 aromatic heterocycles. The zero-order valence-corrected chi connectivity index (χ0v) is 26.0. The standard InChI is InChI=1S/C29H43NO14.ClH/c1-30(2,13-16(29(40)11-5-4-6-12-29)14-7-9-15(41-3)10-8-14)25-22(19(33)20(34)23(42-25)26(36)37)43-28-21(35)17(31)18(32)24(44-28)27(38)39;/h7-10,16-25,28,31-35,40H,4-6,11-13H2,1-3H3,(H-,36,37,38,39);1H. The Morgan fingerprint density at radius 2 is 1.40 bits per heavy atom. The van der Waals surface area contributed by atoms with Gasteiger partial charge in [-0.3, -0.25) is 0 Å². The van der Waals surface area contributed by atoms with Crippen LogP contribution in [-0.4, -0.2) is 152 Å². The molecule has 11 atom stereocenters. The van der Waals surface area contributed by atoms with E-state index in [-0.39, 0.29) is 23.4 Å². The van der Waals surface area contributed by atoms with Crippen molar-refractivity contribution in [1.29, 1.82) is 0 Å². The molecule has 3 aliphatic rings. The fourth-order valence-electron chi connectivity index (χ4n) is 6.59. The topological polar surface area (TPSA) is 233 Å². The Labute approximate surface area is 266 Å². The van der Waals surface area contributed by atoms with Crippen molar-refractivity contribution < 1.29 is 86.3 Å². The van der Waals surface area contributed by atoms with Crippen molar-refractivity contribution in [3.63, 3.8) is 0 Å². The van der Waals surface area contributed by atoms with Gasteiger partial charge in [0.15, 0.2) is 24.6 Å². The molecule has 0 spiro atoms. The van der Waals surface area contributed by atoms with Crippen LogP contribution in [0.5, 0.6) is 5.75 Å². The number of nitrogens with zero attached hydrogens (tertiary/aromatic N) is 1. The molecule has 1 aromatic rings. The predicted molar refractivity (Wildman–Crippen MR) is 148 cm³/mol.